The van der Waals surface area contributed by atoms with E-state index in [4.69, 9.17) is 9.47 Å². The molecule has 0 rings (SSSR count). The first-order chi connectivity index (χ1) is 12.2. The molecule has 0 aliphatic rings. The highest BCUT2D eigenvalue weighted by molar-refractivity contribution is 5.76. The smallest absolute Gasteiger partial charge is 0.425 e. The number of rotatable bonds is 9. The summed E-state index contributed by atoms with van der Waals surface area (Å²) in [6, 6.07) is 0. The van der Waals surface area contributed by atoms with Crippen molar-refractivity contribution in [2.75, 3.05) is 19.8 Å². The van der Waals surface area contributed by atoms with Gasteiger partial charge in [0.15, 0.2) is 6.10 Å². The van der Waals surface area contributed by atoms with Crippen LogP contribution in [0.25, 0.3) is 0 Å². The van der Waals surface area contributed by atoms with E-state index >= 15 is 0 Å². The Morgan fingerprint density at radius 3 is 1.67 bits per heavy atom. The van der Waals surface area contributed by atoms with Crippen LogP contribution < -0.4 is 0 Å². The second-order valence-electron chi connectivity index (χ2n) is 7.40. The van der Waals surface area contributed by atoms with Gasteiger partial charge in [0.2, 0.25) is 0 Å². The molecule has 27 heavy (non-hydrogen) atoms. The summed E-state index contributed by atoms with van der Waals surface area (Å²) < 4.78 is 50.5. The molecule has 0 aromatic heterocycles. The summed E-state index contributed by atoms with van der Waals surface area (Å²) in [5, 5.41) is 0. The van der Waals surface area contributed by atoms with E-state index in [1.54, 1.807) is 20.8 Å². The van der Waals surface area contributed by atoms with Gasteiger partial charge in [-0.2, -0.15) is 13.2 Å². The summed E-state index contributed by atoms with van der Waals surface area (Å²) in [7, 11) is 0. The fourth-order valence-corrected chi connectivity index (χ4v) is 1.21. The molecule has 0 N–H and O–H groups in total. The fraction of sp³-hybridized carbons (Fsp3) is 0.895. The average molecular weight is 400 g/mol. The largest absolute Gasteiger partial charge is 0.463 e. The van der Waals surface area contributed by atoms with Crippen LogP contribution in [-0.4, -0.2) is 44.0 Å². The molecule has 0 bridgehead atoms. The molecule has 0 amide bonds. The molecule has 0 fully saturated rings. The molecular weight excluding hydrogens is 365 g/mol. The molecule has 0 aromatic rings. The zero-order chi connectivity index (χ0) is 21.9. The van der Waals surface area contributed by atoms with E-state index in [1.165, 1.54) is 0 Å². The molecule has 0 spiro atoms. The number of carbonyl (C=O) groups is 2. The van der Waals surface area contributed by atoms with Crippen LogP contribution in [0.4, 0.5) is 13.2 Å². The summed E-state index contributed by atoms with van der Waals surface area (Å²) in [6.45, 7) is 14.8. The minimum Gasteiger partial charge on any atom is -0.463 e. The minimum atomic E-state index is -4.49. The highest BCUT2D eigenvalue weighted by atomic mass is 19.4. The van der Waals surface area contributed by atoms with Crippen molar-refractivity contribution in [2.45, 2.75) is 80.5 Å². The van der Waals surface area contributed by atoms with Crippen LogP contribution >= 0.6 is 0 Å². The van der Waals surface area contributed by atoms with E-state index in [1.807, 2.05) is 27.7 Å². The summed E-state index contributed by atoms with van der Waals surface area (Å²) in [6.07, 6.45) is -5.29. The Labute approximate surface area is 160 Å². The predicted octanol–water partition coefficient (Wildman–Crippen LogP) is 4.92. The number of ether oxygens (including phenoxy) is 3. The average Bonchev–Trinajstić information content (AvgIpc) is 2.57. The topological polar surface area (TPSA) is 61.8 Å². The fourth-order valence-electron chi connectivity index (χ4n) is 1.21. The van der Waals surface area contributed by atoms with E-state index in [-0.39, 0.29) is 11.4 Å². The van der Waals surface area contributed by atoms with Gasteiger partial charge in [-0.1, -0.05) is 13.8 Å². The van der Waals surface area contributed by atoms with Crippen molar-refractivity contribution in [3.05, 3.63) is 0 Å². The quantitative estimate of drug-likeness (QED) is 0.406. The Bertz CT molecular complexity index is 445. The first kappa shape index (κ1) is 27.9. The molecule has 0 saturated heterocycles. The van der Waals surface area contributed by atoms with Crippen molar-refractivity contribution in [3.63, 3.8) is 0 Å². The molecule has 0 aliphatic heterocycles. The highest BCUT2D eigenvalue weighted by Crippen LogP contribution is 2.27. The standard InChI is InChI=1S/C10H20O3.C9H15F3O2/c1-5-10(3,4)9(11)13-8-7-12-6-2;1-5-8(3,4)7(13)14-6(2)9(10,11)12/h5-8H2,1-4H3;6H,5H2,1-4H3. The maximum atomic E-state index is 12.0. The van der Waals surface area contributed by atoms with E-state index in [2.05, 4.69) is 4.74 Å². The predicted molar refractivity (Wildman–Crippen MR) is 97.2 cm³/mol. The van der Waals surface area contributed by atoms with Gasteiger partial charge < -0.3 is 14.2 Å². The summed E-state index contributed by atoms with van der Waals surface area (Å²) >= 11 is 0. The van der Waals surface area contributed by atoms with Crippen LogP contribution in [-0.2, 0) is 23.8 Å². The third-order valence-corrected chi connectivity index (χ3v) is 4.28. The Morgan fingerprint density at radius 1 is 0.852 bits per heavy atom. The molecule has 0 aromatic carbocycles. The van der Waals surface area contributed by atoms with Crippen LogP contribution in [0.1, 0.15) is 68.2 Å². The molecule has 1 atom stereocenters. The number of hydrogen-bond donors (Lipinski definition) is 0. The van der Waals surface area contributed by atoms with Gasteiger partial charge in [0, 0.05) is 6.61 Å². The summed E-state index contributed by atoms with van der Waals surface area (Å²) in [4.78, 5) is 22.6. The minimum absolute atomic E-state index is 0.144. The third kappa shape index (κ3) is 11.9. The first-order valence-electron chi connectivity index (χ1n) is 9.18. The normalized spacial score (nSPS) is 13.3. The van der Waals surface area contributed by atoms with Crippen molar-refractivity contribution in [3.8, 4) is 0 Å². The zero-order valence-electron chi connectivity index (χ0n) is 17.8. The zero-order valence-corrected chi connectivity index (χ0v) is 17.8. The maximum absolute atomic E-state index is 12.0. The molecule has 0 radical (unpaired) electrons. The number of alkyl halides is 3. The lowest BCUT2D eigenvalue weighted by Crippen LogP contribution is -2.36. The lowest BCUT2D eigenvalue weighted by molar-refractivity contribution is -0.221. The van der Waals surface area contributed by atoms with Gasteiger partial charge >= 0.3 is 18.1 Å². The van der Waals surface area contributed by atoms with Crippen LogP contribution in [0.5, 0.6) is 0 Å². The molecule has 0 aliphatic carbocycles. The van der Waals surface area contributed by atoms with Crippen molar-refractivity contribution in [1.29, 1.82) is 0 Å². The number of halogens is 3. The number of carbonyl (C=O) groups excluding carboxylic acids is 2. The Kier molecular flexibility index (Phi) is 12.6. The van der Waals surface area contributed by atoms with E-state index in [9.17, 15) is 22.8 Å². The SMILES string of the molecule is CCC(C)(C)C(=O)OC(C)C(F)(F)F.CCOCCOC(=O)C(C)(C)CC. The van der Waals surface area contributed by atoms with Gasteiger partial charge in [-0.3, -0.25) is 9.59 Å². The number of hydrogen-bond acceptors (Lipinski definition) is 5. The Balaban J connectivity index is 0. The summed E-state index contributed by atoms with van der Waals surface area (Å²) in [5.41, 5.74) is -1.23. The summed E-state index contributed by atoms with van der Waals surface area (Å²) in [5.74, 6) is -0.959. The van der Waals surface area contributed by atoms with Crippen LogP contribution in [0, 0.1) is 10.8 Å². The van der Waals surface area contributed by atoms with Gasteiger partial charge in [0.1, 0.15) is 6.61 Å². The van der Waals surface area contributed by atoms with E-state index in [0.29, 0.717) is 26.2 Å². The van der Waals surface area contributed by atoms with Crippen LogP contribution in [0.15, 0.2) is 0 Å². The molecule has 0 heterocycles. The van der Waals surface area contributed by atoms with Crippen LogP contribution in [0.2, 0.25) is 0 Å². The van der Waals surface area contributed by atoms with E-state index < -0.39 is 23.7 Å². The number of esters is 2. The third-order valence-electron chi connectivity index (χ3n) is 4.28. The molecular formula is C19H35F3O5. The molecule has 8 heteroatoms. The van der Waals surface area contributed by atoms with Gasteiger partial charge in [-0.25, -0.2) is 0 Å². The lowest BCUT2D eigenvalue weighted by atomic mass is 9.90. The van der Waals surface area contributed by atoms with Crippen molar-refractivity contribution in [2.24, 2.45) is 10.8 Å². The first-order valence-corrected chi connectivity index (χ1v) is 9.18. The second-order valence-corrected chi connectivity index (χ2v) is 7.40. The van der Waals surface area contributed by atoms with Crippen molar-refractivity contribution >= 4 is 11.9 Å². The molecule has 162 valence electrons. The maximum Gasteiger partial charge on any atom is 0.425 e. The second kappa shape index (κ2) is 12.2. The van der Waals surface area contributed by atoms with Crippen LogP contribution in [0.3, 0.4) is 0 Å². The lowest BCUT2D eigenvalue weighted by Gasteiger charge is -2.24. The van der Waals surface area contributed by atoms with Gasteiger partial charge in [0.25, 0.3) is 0 Å². The highest BCUT2D eigenvalue weighted by Gasteiger charge is 2.41. The van der Waals surface area contributed by atoms with Crippen molar-refractivity contribution in [1.82, 2.24) is 0 Å². The van der Waals surface area contributed by atoms with E-state index in [0.717, 1.165) is 13.3 Å². The molecule has 0 saturated carbocycles. The van der Waals surface area contributed by atoms with Gasteiger partial charge in [0.05, 0.1) is 17.4 Å². The van der Waals surface area contributed by atoms with Gasteiger partial charge in [-0.05, 0) is 54.4 Å². The van der Waals surface area contributed by atoms with Crippen molar-refractivity contribution < 1.29 is 37.0 Å². The Morgan fingerprint density at radius 2 is 1.30 bits per heavy atom. The molecule has 1 unspecified atom stereocenters. The monoisotopic (exact) mass is 400 g/mol. The van der Waals surface area contributed by atoms with Gasteiger partial charge in [-0.15, -0.1) is 0 Å². The Hall–Kier alpha value is -1.31. The molecule has 5 nitrogen and oxygen atoms in total.